The molecule has 0 aliphatic heterocycles. The van der Waals surface area contributed by atoms with Gasteiger partial charge >= 0.3 is 0 Å². The zero-order valence-corrected chi connectivity index (χ0v) is 11.1. The first-order chi connectivity index (χ1) is 7.84. The molecule has 1 atom stereocenters. The van der Waals surface area contributed by atoms with E-state index in [0.29, 0.717) is 6.04 Å². The molecule has 0 aromatic carbocycles. The quantitative estimate of drug-likeness (QED) is 0.704. The van der Waals surface area contributed by atoms with E-state index >= 15 is 0 Å². The van der Waals surface area contributed by atoms with Gasteiger partial charge in [0, 0.05) is 12.2 Å². The summed E-state index contributed by atoms with van der Waals surface area (Å²) in [5, 5.41) is 3.51. The van der Waals surface area contributed by atoms with Crippen molar-refractivity contribution in [3.8, 4) is 0 Å². The van der Waals surface area contributed by atoms with Crippen molar-refractivity contribution in [2.45, 2.75) is 32.2 Å². The Morgan fingerprint density at radius 1 is 1.31 bits per heavy atom. The second-order valence-electron chi connectivity index (χ2n) is 3.98. The van der Waals surface area contributed by atoms with Crippen molar-refractivity contribution in [1.82, 2.24) is 10.3 Å². The summed E-state index contributed by atoms with van der Waals surface area (Å²) in [7, 11) is 0. The minimum Gasteiger partial charge on any atom is -0.309 e. The van der Waals surface area contributed by atoms with Crippen LogP contribution in [0.5, 0.6) is 0 Å². The number of aromatic nitrogens is 1. The van der Waals surface area contributed by atoms with E-state index in [0.717, 1.165) is 12.2 Å². The van der Waals surface area contributed by atoms with E-state index in [2.05, 4.69) is 29.5 Å². The standard InChI is InChI=1S/C13H22N2S/c1-12(13-8-4-6-10-15-13)14-9-5-3-7-11-16-2/h4,6,8,10,12,14H,3,5,7,9,11H2,1-2H3. The van der Waals surface area contributed by atoms with E-state index in [1.165, 1.54) is 25.0 Å². The third-order valence-corrected chi connectivity index (χ3v) is 3.30. The van der Waals surface area contributed by atoms with Crippen molar-refractivity contribution in [2.24, 2.45) is 0 Å². The highest BCUT2D eigenvalue weighted by atomic mass is 32.2. The minimum absolute atomic E-state index is 0.363. The smallest absolute Gasteiger partial charge is 0.0570 e. The lowest BCUT2D eigenvalue weighted by Gasteiger charge is -2.12. The Kier molecular flexibility index (Phi) is 7.26. The fraction of sp³-hybridized carbons (Fsp3) is 0.615. The van der Waals surface area contributed by atoms with Crippen LogP contribution in [-0.4, -0.2) is 23.5 Å². The fourth-order valence-corrected chi connectivity index (χ4v) is 2.10. The van der Waals surface area contributed by atoms with Crippen LogP contribution in [0.4, 0.5) is 0 Å². The molecule has 0 saturated carbocycles. The Morgan fingerprint density at radius 3 is 2.88 bits per heavy atom. The lowest BCUT2D eigenvalue weighted by molar-refractivity contribution is 0.535. The summed E-state index contributed by atoms with van der Waals surface area (Å²) >= 11 is 1.93. The summed E-state index contributed by atoms with van der Waals surface area (Å²) < 4.78 is 0. The molecule has 0 aliphatic rings. The van der Waals surface area contributed by atoms with Gasteiger partial charge in [-0.15, -0.1) is 0 Å². The number of hydrogen-bond acceptors (Lipinski definition) is 3. The number of thioether (sulfide) groups is 1. The largest absolute Gasteiger partial charge is 0.309 e. The van der Waals surface area contributed by atoms with Crippen LogP contribution in [0.15, 0.2) is 24.4 Å². The van der Waals surface area contributed by atoms with Crippen LogP contribution >= 0.6 is 11.8 Å². The third kappa shape index (κ3) is 5.52. The highest BCUT2D eigenvalue weighted by Crippen LogP contribution is 2.08. The molecule has 90 valence electrons. The molecule has 1 N–H and O–H groups in total. The zero-order valence-electron chi connectivity index (χ0n) is 10.3. The molecule has 0 spiro atoms. The summed E-state index contributed by atoms with van der Waals surface area (Å²) in [6.07, 6.45) is 7.94. The van der Waals surface area contributed by atoms with Crippen LogP contribution in [0, 0.1) is 0 Å². The van der Waals surface area contributed by atoms with E-state index < -0.39 is 0 Å². The van der Waals surface area contributed by atoms with Crippen LogP contribution in [0.3, 0.4) is 0 Å². The predicted octanol–water partition coefficient (Wildman–Crippen LogP) is 3.27. The average Bonchev–Trinajstić information content (AvgIpc) is 2.34. The number of hydrogen-bond donors (Lipinski definition) is 1. The summed E-state index contributed by atoms with van der Waals surface area (Å²) in [6, 6.07) is 6.44. The SMILES string of the molecule is CSCCCCCNC(C)c1ccccn1. The molecule has 16 heavy (non-hydrogen) atoms. The summed E-state index contributed by atoms with van der Waals surface area (Å²) in [5.74, 6) is 1.29. The van der Waals surface area contributed by atoms with Crippen LogP contribution in [-0.2, 0) is 0 Å². The van der Waals surface area contributed by atoms with Crippen LogP contribution in [0.1, 0.15) is 37.9 Å². The van der Waals surface area contributed by atoms with Crippen molar-refractivity contribution < 1.29 is 0 Å². The maximum atomic E-state index is 4.34. The van der Waals surface area contributed by atoms with Crippen molar-refractivity contribution in [3.05, 3.63) is 30.1 Å². The molecule has 0 saturated heterocycles. The molecule has 0 amide bonds. The lowest BCUT2D eigenvalue weighted by atomic mass is 10.2. The topological polar surface area (TPSA) is 24.9 Å². The molecule has 1 aromatic rings. The van der Waals surface area contributed by atoms with E-state index in [1.54, 1.807) is 0 Å². The van der Waals surface area contributed by atoms with Gasteiger partial charge < -0.3 is 5.32 Å². The lowest BCUT2D eigenvalue weighted by Crippen LogP contribution is -2.20. The molecule has 0 fully saturated rings. The van der Waals surface area contributed by atoms with Crippen LogP contribution in [0.2, 0.25) is 0 Å². The number of nitrogens with zero attached hydrogens (tertiary/aromatic N) is 1. The van der Waals surface area contributed by atoms with Crippen molar-refractivity contribution in [3.63, 3.8) is 0 Å². The highest BCUT2D eigenvalue weighted by Gasteiger charge is 2.03. The molecule has 3 heteroatoms. The van der Waals surface area contributed by atoms with E-state index in [9.17, 15) is 0 Å². The van der Waals surface area contributed by atoms with E-state index in [1.807, 2.05) is 30.1 Å². The Hall–Kier alpha value is -0.540. The maximum absolute atomic E-state index is 4.34. The molecule has 2 nitrogen and oxygen atoms in total. The number of rotatable bonds is 8. The summed E-state index contributed by atoms with van der Waals surface area (Å²) in [4.78, 5) is 4.34. The molecular weight excluding hydrogens is 216 g/mol. The van der Waals surface area contributed by atoms with Crippen LogP contribution in [0.25, 0.3) is 0 Å². The van der Waals surface area contributed by atoms with E-state index in [-0.39, 0.29) is 0 Å². The molecule has 0 aliphatic carbocycles. The average molecular weight is 238 g/mol. The highest BCUT2D eigenvalue weighted by molar-refractivity contribution is 7.98. The van der Waals surface area contributed by atoms with Gasteiger partial charge in [-0.3, -0.25) is 4.98 Å². The third-order valence-electron chi connectivity index (χ3n) is 2.61. The number of nitrogens with one attached hydrogen (secondary N) is 1. The van der Waals surface area contributed by atoms with Gasteiger partial charge in [-0.1, -0.05) is 12.5 Å². The normalized spacial score (nSPS) is 12.6. The van der Waals surface area contributed by atoms with Gasteiger partial charge in [0.1, 0.15) is 0 Å². The number of unbranched alkanes of at least 4 members (excludes halogenated alkanes) is 2. The Labute approximate surface area is 103 Å². The zero-order chi connectivity index (χ0) is 11.6. The second-order valence-corrected chi connectivity index (χ2v) is 4.97. The molecule has 1 aromatic heterocycles. The molecular formula is C13H22N2S. The maximum Gasteiger partial charge on any atom is 0.0570 e. The summed E-state index contributed by atoms with van der Waals surface area (Å²) in [6.45, 7) is 3.26. The molecule has 0 radical (unpaired) electrons. The fourth-order valence-electron chi connectivity index (χ4n) is 1.60. The minimum atomic E-state index is 0.363. The van der Waals surface area contributed by atoms with E-state index in [4.69, 9.17) is 0 Å². The second kappa shape index (κ2) is 8.59. The van der Waals surface area contributed by atoms with Gasteiger partial charge in [-0.05, 0) is 50.5 Å². The first kappa shape index (κ1) is 13.5. The molecule has 1 heterocycles. The molecule has 1 unspecified atom stereocenters. The van der Waals surface area contributed by atoms with Gasteiger partial charge in [0.2, 0.25) is 0 Å². The van der Waals surface area contributed by atoms with Crippen molar-refractivity contribution in [1.29, 1.82) is 0 Å². The first-order valence-corrected chi connectivity index (χ1v) is 7.37. The predicted molar refractivity (Wildman–Crippen MR) is 72.9 cm³/mol. The monoisotopic (exact) mass is 238 g/mol. The Balaban J connectivity index is 2.09. The first-order valence-electron chi connectivity index (χ1n) is 5.98. The Bertz CT molecular complexity index is 264. The van der Waals surface area contributed by atoms with Crippen molar-refractivity contribution in [2.75, 3.05) is 18.6 Å². The molecule has 0 bridgehead atoms. The van der Waals surface area contributed by atoms with Gasteiger partial charge in [0.25, 0.3) is 0 Å². The van der Waals surface area contributed by atoms with Gasteiger partial charge in [-0.2, -0.15) is 11.8 Å². The van der Waals surface area contributed by atoms with Gasteiger partial charge in [0.05, 0.1) is 5.69 Å². The number of pyridine rings is 1. The molecule has 1 rings (SSSR count). The van der Waals surface area contributed by atoms with Gasteiger partial charge in [-0.25, -0.2) is 0 Å². The van der Waals surface area contributed by atoms with Crippen molar-refractivity contribution >= 4 is 11.8 Å². The van der Waals surface area contributed by atoms with Crippen LogP contribution < -0.4 is 5.32 Å². The van der Waals surface area contributed by atoms with Gasteiger partial charge in [0.15, 0.2) is 0 Å². The summed E-state index contributed by atoms with van der Waals surface area (Å²) in [5.41, 5.74) is 1.13. The Morgan fingerprint density at radius 2 is 2.19 bits per heavy atom.